The number of aromatic carboxylic acids is 1. The molecule has 8 nitrogen and oxygen atoms in total. The van der Waals surface area contributed by atoms with Crippen LogP contribution in [0.15, 0.2) is 60.9 Å². The molecular weight excluding hydrogens is 404 g/mol. The van der Waals surface area contributed by atoms with Gasteiger partial charge in [-0.15, -0.1) is 0 Å². The van der Waals surface area contributed by atoms with Gasteiger partial charge in [-0.2, -0.15) is 8.42 Å². The van der Waals surface area contributed by atoms with Gasteiger partial charge in [0, 0.05) is 30.1 Å². The molecule has 4 rings (SSSR count). The molecule has 9 heteroatoms. The second kappa shape index (κ2) is 7.85. The van der Waals surface area contributed by atoms with Gasteiger partial charge >= 0.3 is 16.2 Å². The normalized spacial score (nSPS) is 12.6. The predicted molar refractivity (Wildman–Crippen MR) is 111 cm³/mol. The fourth-order valence-corrected chi connectivity index (χ4v) is 4.31. The standard InChI is InChI=1S/C21H16N4O4S/c26-21(27)19-10-8-15(14-23-19)7-9-16-4-1-2-6-18(16)24-30(28,29)25-13-11-17-5-3-12-22-20(17)25/h1-6,8,10,12,14,24H,11,13H2,(H,26,27). The van der Waals surface area contributed by atoms with Crippen molar-refractivity contribution < 1.29 is 18.3 Å². The number of rotatable bonds is 4. The van der Waals surface area contributed by atoms with Crippen LogP contribution in [0.2, 0.25) is 0 Å². The fourth-order valence-electron chi connectivity index (χ4n) is 3.02. The molecule has 30 heavy (non-hydrogen) atoms. The molecule has 0 radical (unpaired) electrons. The summed E-state index contributed by atoms with van der Waals surface area (Å²) in [6, 6.07) is 13.3. The first-order valence-corrected chi connectivity index (χ1v) is 10.4. The van der Waals surface area contributed by atoms with Gasteiger partial charge in [-0.25, -0.2) is 19.1 Å². The number of fused-ring (bicyclic) bond motifs is 1. The Labute approximate surface area is 173 Å². The minimum Gasteiger partial charge on any atom is -0.477 e. The SMILES string of the molecule is O=C(O)c1ccc(C#Cc2ccccc2NS(=O)(=O)N2CCc3cccnc32)cn1. The smallest absolute Gasteiger partial charge is 0.354 e. The number of nitrogens with zero attached hydrogens (tertiary/aromatic N) is 3. The van der Waals surface area contributed by atoms with E-state index >= 15 is 0 Å². The van der Waals surface area contributed by atoms with Gasteiger partial charge in [0.05, 0.1) is 5.69 Å². The average Bonchev–Trinajstić information content (AvgIpc) is 3.18. The molecule has 1 aliphatic rings. The summed E-state index contributed by atoms with van der Waals surface area (Å²) in [7, 11) is -3.87. The second-order valence-electron chi connectivity index (χ2n) is 6.45. The number of pyridine rings is 2. The minimum absolute atomic E-state index is 0.0757. The average molecular weight is 420 g/mol. The fraction of sp³-hybridized carbons (Fsp3) is 0.0952. The van der Waals surface area contributed by atoms with Crippen LogP contribution in [0.3, 0.4) is 0 Å². The molecule has 0 saturated heterocycles. The van der Waals surface area contributed by atoms with Gasteiger partial charge < -0.3 is 5.11 Å². The van der Waals surface area contributed by atoms with Gasteiger partial charge in [-0.3, -0.25) is 4.72 Å². The Morgan fingerprint density at radius 3 is 2.67 bits per heavy atom. The summed E-state index contributed by atoms with van der Waals surface area (Å²) in [5, 5.41) is 8.91. The Morgan fingerprint density at radius 1 is 1.07 bits per heavy atom. The van der Waals surface area contributed by atoms with E-state index < -0.39 is 16.2 Å². The second-order valence-corrected chi connectivity index (χ2v) is 8.04. The van der Waals surface area contributed by atoms with E-state index in [9.17, 15) is 13.2 Å². The minimum atomic E-state index is -3.87. The van der Waals surface area contributed by atoms with Gasteiger partial charge in [0.25, 0.3) is 0 Å². The largest absolute Gasteiger partial charge is 0.477 e. The third-order valence-electron chi connectivity index (χ3n) is 4.47. The van der Waals surface area contributed by atoms with E-state index in [4.69, 9.17) is 5.11 Å². The number of nitrogens with one attached hydrogen (secondary N) is 1. The van der Waals surface area contributed by atoms with Gasteiger partial charge in [-0.1, -0.05) is 30.0 Å². The third kappa shape index (κ3) is 3.94. The van der Waals surface area contributed by atoms with Crippen molar-refractivity contribution in [2.75, 3.05) is 15.6 Å². The van der Waals surface area contributed by atoms with Crippen molar-refractivity contribution in [3.63, 3.8) is 0 Å². The lowest BCUT2D eigenvalue weighted by molar-refractivity contribution is 0.0690. The lowest BCUT2D eigenvalue weighted by Crippen LogP contribution is -2.35. The van der Waals surface area contributed by atoms with E-state index in [1.54, 1.807) is 42.6 Å². The topological polar surface area (TPSA) is 112 Å². The van der Waals surface area contributed by atoms with Crippen molar-refractivity contribution in [2.24, 2.45) is 0 Å². The maximum Gasteiger partial charge on any atom is 0.354 e. The summed E-state index contributed by atoms with van der Waals surface area (Å²) < 4.78 is 29.8. The van der Waals surface area contributed by atoms with Crippen molar-refractivity contribution in [1.82, 2.24) is 9.97 Å². The molecule has 0 spiro atoms. The first-order valence-electron chi connectivity index (χ1n) is 8.99. The van der Waals surface area contributed by atoms with Crippen molar-refractivity contribution in [2.45, 2.75) is 6.42 Å². The summed E-state index contributed by atoms with van der Waals surface area (Å²) in [5.41, 5.74) is 2.13. The maximum atomic E-state index is 13.0. The van der Waals surface area contributed by atoms with Crippen LogP contribution < -0.4 is 9.03 Å². The highest BCUT2D eigenvalue weighted by Crippen LogP contribution is 2.28. The molecule has 0 amide bonds. The van der Waals surface area contributed by atoms with E-state index in [0.29, 0.717) is 35.6 Å². The van der Waals surface area contributed by atoms with E-state index in [1.165, 1.54) is 16.6 Å². The number of hydrogen-bond acceptors (Lipinski definition) is 5. The summed E-state index contributed by atoms with van der Waals surface area (Å²) in [4.78, 5) is 18.9. The van der Waals surface area contributed by atoms with Gasteiger partial charge in [-0.05, 0) is 42.3 Å². The number of anilines is 2. The zero-order valence-corrected chi connectivity index (χ0v) is 16.4. The molecule has 0 atom stereocenters. The van der Waals surface area contributed by atoms with Crippen LogP contribution in [0, 0.1) is 11.8 Å². The molecular formula is C21H16N4O4S. The maximum absolute atomic E-state index is 13.0. The first-order chi connectivity index (χ1) is 14.4. The van der Waals surface area contributed by atoms with Crippen LogP contribution >= 0.6 is 0 Å². The molecule has 0 saturated carbocycles. The lowest BCUT2D eigenvalue weighted by Gasteiger charge is -2.20. The summed E-state index contributed by atoms with van der Waals surface area (Å²) >= 11 is 0. The van der Waals surface area contributed by atoms with Gasteiger partial charge in [0.2, 0.25) is 0 Å². The molecule has 2 N–H and O–H groups in total. The third-order valence-corrected chi connectivity index (χ3v) is 5.88. The molecule has 0 unspecified atom stereocenters. The molecule has 0 aliphatic carbocycles. The lowest BCUT2D eigenvalue weighted by atomic mass is 10.1. The number of carboxylic acid groups (broad SMARTS) is 1. The van der Waals surface area contributed by atoms with Crippen LogP contribution in [-0.2, 0) is 16.6 Å². The van der Waals surface area contributed by atoms with Crippen molar-refractivity contribution in [3.05, 3.63) is 83.3 Å². The van der Waals surface area contributed by atoms with Crippen LogP contribution in [-0.4, -0.2) is 36.0 Å². The molecule has 3 heterocycles. The van der Waals surface area contributed by atoms with Gasteiger partial charge in [0.1, 0.15) is 11.5 Å². The molecule has 1 aromatic carbocycles. The molecule has 1 aliphatic heterocycles. The summed E-state index contributed by atoms with van der Waals surface area (Å²) in [6.07, 6.45) is 3.52. The highest BCUT2D eigenvalue weighted by molar-refractivity contribution is 7.94. The number of carboxylic acids is 1. The van der Waals surface area contributed by atoms with Crippen LogP contribution in [0.4, 0.5) is 11.5 Å². The zero-order valence-electron chi connectivity index (χ0n) is 15.6. The molecule has 0 bridgehead atoms. The quantitative estimate of drug-likeness (QED) is 0.627. The van der Waals surface area contributed by atoms with Crippen LogP contribution in [0.25, 0.3) is 0 Å². The Balaban J connectivity index is 1.59. The highest BCUT2D eigenvalue weighted by atomic mass is 32.2. The Kier molecular flexibility index (Phi) is 5.08. The van der Waals surface area contributed by atoms with Crippen molar-refractivity contribution in [3.8, 4) is 11.8 Å². The highest BCUT2D eigenvalue weighted by Gasteiger charge is 2.30. The summed E-state index contributed by atoms with van der Waals surface area (Å²) in [6.45, 7) is 0.317. The number of hydrogen-bond donors (Lipinski definition) is 2. The molecule has 0 fully saturated rings. The van der Waals surface area contributed by atoms with Crippen LogP contribution in [0.1, 0.15) is 27.2 Å². The Hall–Kier alpha value is -3.90. The van der Waals surface area contributed by atoms with E-state index in [0.717, 1.165) is 5.56 Å². The van der Waals surface area contributed by atoms with Crippen molar-refractivity contribution >= 4 is 27.7 Å². The predicted octanol–water partition coefficient (Wildman–Crippen LogP) is 2.29. The molecule has 2 aromatic heterocycles. The van der Waals surface area contributed by atoms with Crippen LogP contribution in [0.5, 0.6) is 0 Å². The Morgan fingerprint density at radius 2 is 1.90 bits per heavy atom. The Bertz CT molecular complexity index is 1280. The summed E-state index contributed by atoms with van der Waals surface area (Å²) in [5.74, 6) is 5.09. The monoisotopic (exact) mass is 420 g/mol. The zero-order chi connectivity index (χ0) is 21.1. The van der Waals surface area contributed by atoms with E-state index in [1.807, 2.05) is 6.07 Å². The van der Waals surface area contributed by atoms with E-state index in [-0.39, 0.29) is 5.69 Å². The van der Waals surface area contributed by atoms with E-state index in [2.05, 4.69) is 26.5 Å². The molecule has 3 aromatic rings. The number of para-hydroxylation sites is 1. The molecule has 150 valence electrons. The van der Waals surface area contributed by atoms with Gasteiger partial charge in [0.15, 0.2) is 0 Å². The number of benzene rings is 1. The number of aromatic nitrogens is 2. The first kappa shape index (κ1) is 19.4. The van der Waals surface area contributed by atoms with Crippen molar-refractivity contribution in [1.29, 1.82) is 0 Å². The number of carbonyl (C=O) groups is 1.